The van der Waals surface area contributed by atoms with E-state index in [1.165, 1.54) is 12.4 Å². The molecule has 2 fully saturated rings. The Balaban J connectivity index is 1.54. The molecule has 0 bridgehead atoms. The Morgan fingerprint density at radius 2 is 1.87 bits per heavy atom. The summed E-state index contributed by atoms with van der Waals surface area (Å²) < 4.78 is 47.6. The normalized spacial score (nSPS) is 28.7. The molecule has 0 aliphatic carbocycles. The van der Waals surface area contributed by atoms with E-state index in [1.807, 2.05) is 37.6 Å². The predicted octanol–water partition coefficient (Wildman–Crippen LogP) is 3.14. The lowest BCUT2D eigenvalue weighted by Crippen LogP contribution is -2.38. The Labute approximate surface area is 171 Å². The third kappa shape index (κ3) is 3.01. The summed E-state index contributed by atoms with van der Waals surface area (Å²) in [4.78, 5) is 8.63. The standard InChI is InChI=1S/C21H22F2N4O3/c1-10-12-6-7-27(19(12)26-9-25-10)20-18-17(29-21(2,3)30-18)16(28-20)15(24)11-4-5-13(22)14(23)8-11/h4-9,15-18,20H,24H2,1-3H3/t15-,16+,17+,18+,20+/m0/s1. The first-order valence-corrected chi connectivity index (χ1v) is 9.75. The Bertz CT molecular complexity index is 1120. The quantitative estimate of drug-likeness (QED) is 0.706. The Morgan fingerprint density at radius 3 is 2.63 bits per heavy atom. The first kappa shape index (κ1) is 19.5. The summed E-state index contributed by atoms with van der Waals surface area (Å²) in [6, 6.07) is 4.79. The van der Waals surface area contributed by atoms with Crippen LogP contribution in [0.4, 0.5) is 8.78 Å². The molecule has 5 atom stereocenters. The summed E-state index contributed by atoms with van der Waals surface area (Å²) >= 11 is 0. The van der Waals surface area contributed by atoms with Crippen LogP contribution in [-0.2, 0) is 14.2 Å². The number of benzene rings is 1. The maximum atomic E-state index is 13.8. The van der Waals surface area contributed by atoms with Crippen molar-refractivity contribution in [2.45, 2.75) is 57.1 Å². The minimum absolute atomic E-state index is 0.419. The molecule has 1 aromatic carbocycles. The third-order valence-corrected chi connectivity index (χ3v) is 5.73. The maximum absolute atomic E-state index is 13.8. The van der Waals surface area contributed by atoms with Crippen LogP contribution in [0.2, 0.25) is 0 Å². The van der Waals surface area contributed by atoms with Gasteiger partial charge < -0.3 is 24.5 Å². The van der Waals surface area contributed by atoms with Crippen LogP contribution >= 0.6 is 0 Å². The smallest absolute Gasteiger partial charge is 0.164 e. The molecule has 0 unspecified atom stereocenters. The number of fused-ring (bicyclic) bond motifs is 2. The van der Waals surface area contributed by atoms with E-state index in [1.54, 1.807) is 0 Å². The van der Waals surface area contributed by atoms with Crippen molar-refractivity contribution < 1.29 is 23.0 Å². The number of ether oxygens (including phenoxy) is 3. The highest BCUT2D eigenvalue weighted by Gasteiger charge is 2.57. The van der Waals surface area contributed by atoms with Gasteiger partial charge in [-0.3, -0.25) is 0 Å². The molecule has 9 heteroatoms. The summed E-state index contributed by atoms with van der Waals surface area (Å²) in [7, 11) is 0. The highest BCUT2D eigenvalue weighted by Crippen LogP contribution is 2.46. The summed E-state index contributed by atoms with van der Waals surface area (Å²) in [5.41, 5.74) is 8.41. The van der Waals surface area contributed by atoms with Gasteiger partial charge in [-0.15, -0.1) is 0 Å². The van der Waals surface area contributed by atoms with Gasteiger partial charge in [-0.1, -0.05) is 6.07 Å². The molecule has 5 rings (SSSR count). The van der Waals surface area contributed by atoms with Gasteiger partial charge in [0.25, 0.3) is 0 Å². The monoisotopic (exact) mass is 416 g/mol. The van der Waals surface area contributed by atoms with Crippen LogP contribution in [0.15, 0.2) is 36.8 Å². The predicted molar refractivity (Wildman–Crippen MR) is 103 cm³/mol. The fourth-order valence-electron chi connectivity index (χ4n) is 4.33. The number of halogens is 2. The molecule has 0 radical (unpaired) electrons. The number of rotatable bonds is 3. The van der Waals surface area contributed by atoms with Crippen molar-refractivity contribution in [3.63, 3.8) is 0 Å². The Hall–Kier alpha value is -2.46. The molecule has 3 aromatic rings. The first-order chi connectivity index (χ1) is 14.2. The van der Waals surface area contributed by atoms with Gasteiger partial charge >= 0.3 is 0 Å². The highest BCUT2D eigenvalue weighted by atomic mass is 19.2. The summed E-state index contributed by atoms with van der Waals surface area (Å²) in [5.74, 6) is -2.72. The SMILES string of the molecule is Cc1ncnc2c1ccn2[C@@H]1O[C@H]([C@@H](N)c2ccc(F)c(F)c2)[C@H]2OC(C)(C)O[C@H]21. The maximum Gasteiger partial charge on any atom is 0.164 e. The van der Waals surface area contributed by atoms with E-state index in [0.717, 1.165) is 23.2 Å². The third-order valence-electron chi connectivity index (χ3n) is 5.73. The lowest BCUT2D eigenvalue weighted by atomic mass is 9.97. The van der Waals surface area contributed by atoms with Crippen molar-refractivity contribution in [1.82, 2.24) is 14.5 Å². The van der Waals surface area contributed by atoms with Gasteiger partial charge in [-0.2, -0.15) is 0 Å². The van der Waals surface area contributed by atoms with E-state index < -0.39 is 48.0 Å². The fraction of sp³-hybridized carbons (Fsp3) is 0.429. The summed E-state index contributed by atoms with van der Waals surface area (Å²) in [6.07, 6.45) is 1.24. The van der Waals surface area contributed by atoms with Crippen molar-refractivity contribution in [2.75, 3.05) is 0 Å². The molecule has 158 valence electrons. The second kappa shape index (κ2) is 6.78. The van der Waals surface area contributed by atoms with Crippen LogP contribution < -0.4 is 5.73 Å². The van der Waals surface area contributed by atoms with E-state index in [0.29, 0.717) is 11.2 Å². The Morgan fingerprint density at radius 1 is 1.10 bits per heavy atom. The molecule has 0 spiro atoms. The summed E-state index contributed by atoms with van der Waals surface area (Å²) in [5, 5.41) is 0.907. The van der Waals surface area contributed by atoms with Crippen LogP contribution in [0.1, 0.15) is 37.4 Å². The fourth-order valence-corrected chi connectivity index (χ4v) is 4.33. The molecular weight excluding hydrogens is 394 g/mol. The number of aryl methyl sites for hydroxylation is 1. The van der Waals surface area contributed by atoms with Crippen molar-refractivity contribution in [3.05, 3.63) is 59.7 Å². The number of nitrogens with zero attached hydrogens (tertiary/aromatic N) is 3. The number of aromatic nitrogens is 3. The molecule has 2 saturated heterocycles. The zero-order valence-corrected chi connectivity index (χ0v) is 16.8. The van der Waals surface area contributed by atoms with Gasteiger partial charge in [0.05, 0.1) is 11.7 Å². The number of nitrogens with two attached hydrogens (primary N) is 1. The molecule has 7 nitrogen and oxygen atoms in total. The van der Waals surface area contributed by atoms with E-state index in [4.69, 9.17) is 19.9 Å². The lowest BCUT2D eigenvalue weighted by Gasteiger charge is -2.27. The topological polar surface area (TPSA) is 84.4 Å². The molecule has 2 aliphatic rings. The van der Waals surface area contributed by atoms with Crippen LogP contribution in [-0.4, -0.2) is 38.6 Å². The molecule has 4 heterocycles. The van der Waals surface area contributed by atoms with Crippen molar-refractivity contribution in [2.24, 2.45) is 5.73 Å². The summed E-state index contributed by atoms with van der Waals surface area (Å²) in [6.45, 7) is 5.55. The van der Waals surface area contributed by atoms with Gasteiger partial charge in [0.2, 0.25) is 0 Å². The number of hydrogen-bond donors (Lipinski definition) is 1. The minimum atomic E-state index is -0.957. The average Bonchev–Trinajstić information content (AvgIpc) is 3.34. The Kier molecular flexibility index (Phi) is 4.41. The van der Waals surface area contributed by atoms with Crippen molar-refractivity contribution in [3.8, 4) is 0 Å². The van der Waals surface area contributed by atoms with Gasteiger partial charge in [-0.05, 0) is 44.5 Å². The molecule has 0 amide bonds. The van der Waals surface area contributed by atoms with Gasteiger partial charge in [0.1, 0.15) is 30.3 Å². The second-order valence-corrected chi connectivity index (χ2v) is 8.17. The molecule has 30 heavy (non-hydrogen) atoms. The van der Waals surface area contributed by atoms with Gasteiger partial charge in [0.15, 0.2) is 23.6 Å². The van der Waals surface area contributed by atoms with Crippen molar-refractivity contribution in [1.29, 1.82) is 0 Å². The average molecular weight is 416 g/mol. The largest absolute Gasteiger partial charge is 0.347 e. The van der Waals surface area contributed by atoms with Crippen LogP contribution in [0.25, 0.3) is 11.0 Å². The molecular formula is C21H22F2N4O3. The molecule has 0 saturated carbocycles. The van der Waals surface area contributed by atoms with Crippen LogP contribution in [0.3, 0.4) is 0 Å². The van der Waals surface area contributed by atoms with E-state index in [2.05, 4.69) is 9.97 Å². The van der Waals surface area contributed by atoms with Gasteiger partial charge in [0, 0.05) is 11.6 Å². The molecule has 2 N–H and O–H groups in total. The van der Waals surface area contributed by atoms with Gasteiger partial charge in [-0.25, -0.2) is 18.7 Å². The lowest BCUT2D eigenvalue weighted by molar-refractivity contribution is -0.198. The van der Waals surface area contributed by atoms with E-state index >= 15 is 0 Å². The van der Waals surface area contributed by atoms with E-state index in [9.17, 15) is 8.78 Å². The first-order valence-electron chi connectivity index (χ1n) is 9.75. The highest BCUT2D eigenvalue weighted by molar-refractivity contribution is 5.78. The van der Waals surface area contributed by atoms with Crippen LogP contribution in [0, 0.1) is 18.6 Å². The molecule has 2 aliphatic heterocycles. The van der Waals surface area contributed by atoms with E-state index in [-0.39, 0.29) is 0 Å². The zero-order valence-electron chi connectivity index (χ0n) is 16.8. The minimum Gasteiger partial charge on any atom is -0.347 e. The zero-order chi connectivity index (χ0) is 21.2. The van der Waals surface area contributed by atoms with Crippen LogP contribution in [0.5, 0.6) is 0 Å². The number of hydrogen-bond acceptors (Lipinski definition) is 6. The molecule has 2 aromatic heterocycles. The second-order valence-electron chi connectivity index (χ2n) is 8.17. The van der Waals surface area contributed by atoms with Crippen molar-refractivity contribution >= 4 is 11.0 Å².